The number of alkyl halides is 3. The summed E-state index contributed by atoms with van der Waals surface area (Å²) in [5.41, 5.74) is 0.137. The van der Waals surface area contributed by atoms with Crippen LogP contribution >= 0.6 is 0 Å². The van der Waals surface area contributed by atoms with Crippen LogP contribution in [0.2, 0.25) is 0 Å². The Morgan fingerprint density at radius 3 is 2.66 bits per heavy atom. The van der Waals surface area contributed by atoms with E-state index in [1.165, 1.54) is 0 Å². The number of halogens is 3. The summed E-state index contributed by atoms with van der Waals surface area (Å²) >= 11 is 0. The van der Waals surface area contributed by atoms with E-state index >= 15 is 0 Å². The Morgan fingerprint density at radius 1 is 1.19 bits per heavy atom. The fourth-order valence-corrected chi connectivity index (χ4v) is 4.09. The third-order valence-electron chi connectivity index (χ3n) is 5.56. The lowest BCUT2D eigenvalue weighted by atomic mass is 10.1. The SMILES string of the molecule is Cc1cc([C@@H]2CCCN2C(=O)c2cnn3c(C(F)(F)F)cc(-c4ccccc4)nc23)no1. The third kappa shape index (κ3) is 3.41. The summed E-state index contributed by atoms with van der Waals surface area (Å²) in [5.74, 6) is 0.188. The molecular weight excluding hydrogens is 423 g/mol. The predicted molar refractivity (Wildman–Crippen MR) is 108 cm³/mol. The quantitative estimate of drug-likeness (QED) is 0.461. The molecule has 10 heteroatoms. The van der Waals surface area contributed by atoms with E-state index in [-0.39, 0.29) is 22.9 Å². The van der Waals surface area contributed by atoms with Crippen LogP contribution in [0.3, 0.4) is 0 Å². The largest absolute Gasteiger partial charge is 0.433 e. The average molecular weight is 441 g/mol. The Kier molecular flexibility index (Phi) is 4.72. The molecule has 32 heavy (non-hydrogen) atoms. The molecule has 7 nitrogen and oxygen atoms in total. The summed E-state index contributed by atoms with van der Waals surface area (Å²) in [6.45, 7) is 2.22. The van der Waals surface area contributed by atoms with E-state index < -0.39 is 17.8 Å². The van der Waals surface area contributed by atoms with Crippen LogP contribution in [0.4, 0.5) is 13.2 Å². The van der Waals surface area contributed by atoms with Crippen molar-refractivity contribution in [3.8, 4) is 11.3 Å². The van der Waals surface area contributed by atoms with E-state index in [1.807, 2.05) is 0 Å². The van der Waals surface area contributed by atoms with Crippen molar-refractivity contribution >= 4 is 11.6 Å². The predicted octanol–water partition coefficient (Wildman–Crippen LogP) is 4.69. The molecule has 1 amide bonds. The molecule has 0 saturated carbocycles. The van der Waals surface area contributed by atoms with Crippen molar-refractivity contribution in [2.75, 3.05) is 6.54 Å². The minimum Gasteiger partial charge on any atom is -0.361 e. The number of likely N-dealkylation sites (tertiary alicyclic amines) is 1. The summed E-state index contributed by atoms with van der Waals surface area (Å²) in [5, 5.41) is 7.89. The van der Waals surface area contributed by atoms with Crippen molar-refractivity contribution in [1.82, 2.24) is 24.7 Å². The van der Waals surface area contributed by atoms with E-state index in [1.54, 1.807) is 48.2 Å². The molecule has 1 fully saturated rings. The van der Waals surface area contributed by atoms with Gasteiger partial charge in [0.25, 0.3) is 5.91 Å². The second-order valence-corrected chi connectivity index (χ2v) is 7.70. The number of amides is 1. The van der Waals surface area contributed by atoms with E-state index in [0.717, 1.165) is 18.7 Å². The maximum Gasteiger partial charge on any atom is 0.433 e. The highest BCUT2D eigenvalue weighted by Crippen LogP contribution is 2.35. The first-order valence-corrected chi connectivity index (χ1v) is 10.1. The van der Waals surface area contributed by atoms with Crippen molar-refractivity contribution in [1.29, 1.82) is 0 Å². The van der Waals surface area contributed by atoms with Gasteiger partial charge in [-0.3, -0.25) is 4.79 Å². The van der Waals surface area contributed by atoms with Gasteiger partial charge in [-0.15, -0.1) is 0 Å². The van der Waals surface area contributed by atoms with Gasteiger partial charge in [-0.2, -0.15) is 18.3 Å². The zero-order chi connectivity index (χ0) is 22.5. The van der Waals surface area contributed by atoms with Crippen LogP contribution < -0.4 is 0 Å². The van der Waals surface area contributed by atoms with E-state index in [4.69, 9.17) is 4.52 Å². The standard InChI is InChI=1S/C22H18F3N5O2/c1-13-10-17(28-32-13)18-8-5-9-29(18)21(31)15-12-26-30-19(22(23,24)25)11-16(27-20(15)30)14-6-3-2-4-7-14/h2-4,6-7,10-12,18H,5,8-9H2,1H3/t18-/m0/s1. The highest BCUT2D eigenvalue weighted by molar-refractivity contribution is 6.00. The molecule has 0 N–H and O–H groups in total. The number of hydrogen-bond donors (Lipinski definition) is 0. The van der Waals surface area contributed by atoms with Crippen molar-refractivity contribution in [3.63, 3.8) is 0 Å². The Morgan fingerprint density at radius 2 is 1.97 bits per heavy atom. The third-order valence-corrected chi connectivity index (χ3v) is 5.56. The highest BCUT2D eigenvalue weighted by Gasteiger charge is 2.38. The molecule has 0 radical (unpaired) electrons. The number of carbonyl (C=O) groups is 1. The van der Waals surface area contributed by atoms with Crippen LogP contribution in [-0.2, 0) is 6.18 Å². The Balaban J connectivity index is 1.62. The number of benzene rings is 1. The van der Waals surface area contributed by atoms with Gasteiger partial charge in [0.15, 0.2) is 11.3 Å². The first-order chi connectivity index (χ1) is 15.3. The topological polar surface area (TPSA) is 76.5 Å². The molecule has 164 valence electrons. The smallest absolute Gasteiger partial charge is 0.361 e. The van der Waals surface area contributed by atoms with Gasteiger partial charge in [-0.1, -0.05) is 35.5 Å². The molecule has 1 atom stereocenters. The number of hydrogen-bond acceptors (Lipinski definition) is 5. The van der Waals surface area contributed by atoms with Gasteiger partial charge in [0, 0.05) is 18.2 Å². The van der Waals surface area contributed by atoms with Gasteiger partial charge >= 0.3 is 6.18 Å². The van der Waals surface area contributed by atoms with Crippen LogP contribution in [0.15, 0.2) is 53.2 Å². The Labute approximate surface area is 180 Å². The van der Waals surface area contributed by atoms with Gasteiger partial charge in [0.1, 0.15) is 17.0 Å². The molecule has 5 rings (SSSR count). The molecule has 1 aliphatic heterocycles. The van der Waals surface area contributed by atoms with Crippen molar-refractivity contribution in [3.05, 3.63) is 71.4 Å². The van der Waals surface area contributed by atoms with Gasteiger partial charge < -0.3 is 9.42 Å². The van der Waals surface area contributed by atoms with E-state index in [2.05, 4.69) is 15.2 Å². The van der Waals surface area contributed by atoms with Gasteiger partial charge in [0.05, 0.1) is 17.9 Å². The summed E-state index contributed by atoms with van der Waals surface area (Å²) in [7, 11) is 0. The maximum atomic E-state index is 13.8. The lowest BCUT2D eigenvalue weighted by molar-refractivity contribution is -0.142. The van der Waals surface area contributed by atoms with Gasteiger partial charge in [0.2, 0.25) is 0 Å². The molecule has 0 bridgehead atoms. The Bertz CT molecular complexity index is 1300. The molecular formula is C22H18F3N5O2. The van der Waals surface area contributed by atoms with E-state index in [9.17, 15) is 18.0 Å². The summed E-state index contributed by atoms with van der Waals surface area (Å²) in [4.78, 5) is 19.4. The highest BCUT2D eigenvalue weighted by atomic mass is 19.4. The first kappa shape index (κ1) is 20.2. The zero-order valence-electron chi connectivity index (χ0n) is 17.0. The summed E-state index contributed by atoms with van der Waals surface area (Å²) in [6.07, 6.45) is -2.09. The molecule has 1 aliphatic rings. The second kappa shape index (κ2) is 7.47. The van der Waals surface area contributed by atoms with Crippen LogP contribution in [0.5, 0.6) is 0 Å². The summed E-state index contributed by atoms with van der Waals surface area (Å²) < 4.78 is 47.3. The Hall–Kier alpha value is -3.69. The number of aromatic nitrogens is 4. The van der Waals surface area contributed by atoms with Gasteiger partial charge in [-0.05, 0) is 25.8 Å². The molecule has 4 heterocycles. The molecule has 4 aromatic rings. The normalized spacial score (nSPS) is 16.8. The lowest BCUT2D eigenvalue weighted by Crippen LogP contribution is -2.30. The molecule has 1 aromatic carbocycles. The number of carbonyl (C=O) groups excluding carboxylic acids is 1. The average Bonchev–Trinajstić information content (AvgIpc) is 3.51. The summed E-state index contributed by atoms with van der Waals surface area (Å²) in [6, 6.07) is 10.9. The van der Waals surface area contributed by atoms with Crippen molar-refractivity contribution in [2.45, 2.75) is 32.0 Å². The van der Waals surface area contributed by atoms with Crippen molar-refractivity contribution < 1.29 is 22.5 Å². The molecule has 0 unspecified atom stereocenters. The van der Waals surface area contributed by atoms with Crippen LogP contribution in [-0.4, -0.2) is 37.1 Å². The van der Waals surface area contributed by atoms with E-state index in [0.29, 0.717) is 34.5 Å². The number of nitrogens with zero attached hydrogens (tertiary/aromatic N) is 5. The lowest BCUT2D eigenvalue weighted by Gasteiger charge is -2.22. The minimum atomic E-state index is -4.68. The molecule has 3 aromatic heterocycles. The second-order valence-electron chi connectivity index (χ2n) is 7.70. The number of rotatable bonds is 3. The first-order valence-electron chi connectivity index (χ1n) is 10.1. The van der Waals surface area contributed by atoms with Gasteiger partial charge in [-0.25, -0.2) is 9.50 Å². The molecule has 0 spiro atoms. The van der Waals surface area contributed by atoms with Crippen LogP contribution in [0.25, 0.3) is 16.9 Å². The maximum absolute atomic E-state index is 13.8. The number of aryl methyl sites for hydroxylation is 1. The number of fused-ring (bicyclic) bond motifs is 1. The fourth-order valence-electron chi connectivity index (χ4n) is 4.09. The monoisotopic (exact) mass is 441 g/mol. The van der Waals surface area contributed by atoms with Crippen molar-refractivity contribution in [2.24, 2.45) is 0 Å². The molecule has 1 saturated heterocycles. The minimum absolute atomic E-state index is 0.0143. The fraction of sp³-hybridized carbons (Fsp3) is 0.273. The van der Waals surface area contributed by atoms with Crippen LogP contribution in [0, 0.1) is 6.92 Å². The zero-order valence-corrected chi connectivity index (χ0v) is 17.0. The van der Waals surface area contributed by atoms with Crippen LogP contribution in [0.1, 0.15) is 46.4 Å². The molecule has 0 aliphatic carbocycles.